The van der Waals surface area contributed by atoms with Gasteiger partial charge in [-0.15, -0.1) is 0 Å². The third-order valence-electron chi connectivity index (χ3n) is 4.68. The van der Waals surface area contributed by atoms with Crippen LogP contribution >= 0.6 is 0 Å². The lowest BCUT2D eigenvalue weighted by atomic mass is 10.0. The molecule has 0 aromatic heterocycles. The molecule has 2 rings (SSSR count). The van der Waals surface area contributed by atoms with Crippen molar-refractivity contribution in [3.05, 3.63) is 35.4 Å². The summed E-state index contributed by atoms with van der Waals surface area (Å²) < 4.78 is 0. The summed E-state index contributed by atoms with van der Waals surface area (Å²) in [7, 11) is 0. The lowest BCUT2D eigenvalue weighted by Gasteiger charge is -2.33. The Morgan fingerprint density at radius 2 is 2.00 bits per heavy atom. The highest BCUT2D eigenvalue weighted by atomic mass is 16.2. The molecule has 1 atom stereocenters. The predicted molar refractivity (Wildman–Crippen MR) is 96.0 cm³/mol. The van der Waals surface area contributed by atoms with E-state index in [1.165, 1.54) is 25.8 Å². The average molecular weight is 331 g/mol. The molecule has 0 radical (unpaired) electrons. The summed E-state index contributed by atoms with van der Waals surface area (Å²) in [5.41, 5.74) is 1.52. The van der Waals surface area contributed by atoms with Gasteiger partial charge in [0.25, 0.3) is 5.91 Å². The number of likely N-dealkylation sites (tertiary alicyclic amines) is 1. The number of amides is 2. The van der Waals surface area contributed by atoms with E-state index >= 15 is 0 Å². The molecule has 0 aliphatic carbocycles. The van der Waals surface area contributed by atoms with Crippen molar-refractivity contribution >= 4 is 11.8 Å². The molecule has 1 aliphatic rings. The second-order valence-corrected chi connectivity index (χ2v) is 6.58. The Balaban J connectivity index is 1.61. The van der Waals surface area contributed by atoms with Gasteiger partial charge in [0.15, 0.2) is 0 Å². The van der Waals surface area contributed by atoms with Gasteiger partial charge in [-0.05, 0) is 51.3 Å². The second kappa shape index (κ2) is 9.42. The monoisotopic (exact) mass is 331 g/mol. The molecule has 132 valence electrons. The van der Waals surface area contributed by atoms with Gasteiger partial charge < -0.3 is 15.5 Å². The van der Waals surface area contributed by atoms with Crippen LogP contribution in [-0.2, 0) is 4.79 Å². The molecule has 0 bridgehead atoms. The molecule has 0 spiro atoms. The van der Waals surface area contributed by atoms with E-state index < -0.39 is 0 Å². The molecule has 24 heavy (non-hydrogen) atoms. The highest BCUT2D eigenvalue weighted by Gasteiger charge is 2.17. The molecule has 1 saturated heterocycles. The number of carbonyl (C=O) groups is 2. The van der Waals surface area contributed by atoms with E-state index in [-0.39, 0.29) is 18.4 Å². The smallest absolute Gasteiger partial charge is 0.251 e. The van der Waals surface area contributed by atoms with Crippen LogP contribution in [0.5, 0.6) is 0 Å². The Morgan fingerprint density at radius 3 is 2.75 bits per heavy atom. The largest absolute Gasteiger partial charge is 0.355 e. The third kappa shape index (κ3) is 5.64. The number of piperidine rings is 1. The van der Waals surface area contributed by atoms with Crippen LogP contribution in [0.25, 0.3) is 0 Å². The summed E-state index contributed by atoms with van der Waals surface area (Å²) in [5.74, 6) is -0.339. The van der Waals surface area contributed by atoms with Crippen molar-refractivity contribution in [1.82, 2.24) is 15.5 Å². The van der Waals surface area contributed by atoms with E-state index in [0.717, 1.165) is 18.5 Å². The summed E-state index contributed by atoms with van der Waals surface area (Å²) >= 11 is 0. The van der Waals surface area contributed by atoms with Gasteiger partial charge in [-0.1, -0.05) is 24.6 Å². The van der Waals surface area contributed by atoms with Gasteiger partial charge in [0.1, 0.15) is 0 Å². The highest BCUT2D eigenvalue weighted by Crippen LogP contribution is 2.16. The van der Waals surface area contributed by atoms with E-state index in [2.05, 4.69) is 22.5 Å². The minimum atomic E-state index is -0.203. The number of hydrogen-bond donors (Lipinski definition) is 2. The fourth-order valence-electron chi connectivity index (χ4n) is 3.15. The van der Waals surface area contributed by atoms with Gasteiger partial charge in [-0.25, -0.2) is 0 Å². The topological polar surface area (TPSA) is 61.4 Å². The first kappa shape index (κ1) is 18.5. The number of carbonyl (C=O) groups excluding carboxylic acids is 2. The van der Waals surface area contributed by atoms with Gasteiger partial charge >= 0.3 is 0 Å². The zero-order valence-corrected chi connectivity index (χ0v) is 14.8. The normalized spacial score (nSPS) is 18.2. The Bertz CT molecular complexity index is 559. The molecule has 1 heterocycles. The molecule has 1 unspecified atom stereocenters. The van der Waals surface area contributed by atoms with Crippen molar-refractivity contribution in [3.8, 4) is 0 Å². The van der Waals surface area contributed by atoms with Gasteiger partial charge in [0.2, 0.25) is 5.91 Å². The lowest BCUT2D eigenvalue weighted by molar-refractivity contribution is -0.120. The molecule has 1 aliphatic heterocycles. The van der Waals surface area contributed by atoms with Crippen LogP contribution in [0.3, 0.4) is 0 Å². The number of nitrogens with zero attached hydrogens (tertiary/aromatic N) is 1. The number of rotatable bonds is 7. The van der Waals surface area contributed by atoms with Gasteiger partial charge in [-0.3, -0.25) is 9.59 Å². The first-order valence-electron chi connectivity index (χ1n) is 8.92. The predicted octanol–water partition coefficient (Wildman–Crippen LogP) is 2.11. The molecule has 2 N–H and O–H groups in total. The van der Waals surface area contributed by atoms with E-state index in [0.29, 0.717) is 18.2 Å². The van der Waals surface area contributed by atoms with Crippen molar-refractivity contribution in [3.63, 3.8) is 0 Å². The average Bonchev–Trinajstić information content (AvgIpc) is 2.58. The van der Waals surface area contributed by atoms with E-state index in [4.69, 9.17) is 0 Å². The van der Waals surface area contributed by atoms with Crippen LogP contribution in [0.2, 0.25) is 0 Å². The molecule has 2 amide bonds. The van der Waals surface area contributed by atoms with Crippen LogP contribution in [-0.4, -0.2) is 48.9 Å². The summed E-state index contributed by atoms with van der Waals surface area (Å²) in [6.45, 7) is 7.03. The maximum atomic E-state index is 12.0. The number of aryl methyl sites for hydroxylation is 1. The van der Waals surface area contributed by atoms with E-state index in [9.17, 15) is 9.59 Å². The molecular formula is C19H29N3O2. The molecule has 1 aromatic carbocycles. The maximum absolute atomic E-state index is 12.0. The van der Waals surface area contributed by atoms with Crippen LogP contribution in [0.1, 0.15) is 48.5 Å². The number of nitrogens with one attached hydrogen (secondary N) is 2. The van der Waals surface area contributed by atoms with Crippen molar-refractivity contribution < 1.29 is 9.59 Å². The molecule has 1 aromatic rings. The van der Waals surface area contributed by atoms with E-state index in [1.54, 1.807) is 6.07 Å². The van der Waals surface area contributed by atoms with Gasteiger partial charge in [0.05, 0.1) is 6.54 Å². The van der Waals surface area contributed by atoms with Crippen LogP contribution in [0.15, 0.2) is 24.3 Å². The Labute approximate surface area is 144 Å². The zero-order chi connectivity index (χ0) is 17.4. The molecule has 0 saturated carbocycles. The minimum Gasteiger partial charge on any atom is -0.355 e. The Morgan fingerprint density at radius 1 is 1.21 bits per heavy atom. The van der Waals surface area contributed by atoms with Crippen molar-refractivity contribution in [2.75, 3.05) is 26.2 Å². The van der Waals surface area contributed by atoms with Crippen molar-refractivity contribution in [1.29, 1.82) is 0 Å². The van der Waals surface area contributed by atoms with Gasteiger partial charge in [0, 0.05) is 24.7 Å². The molecule has 1 fully saturated rings. The first-order valence-corrected chi connectivity index (χ1v) is 8.92. The fourth-order valence-corrected chi connectivity index (χ4v) is 3.15. The Hall–Kier alpha value is -1.88. The molecule has 5 heteroatoms. The van der Waals surface area contributed by atoms with Crippen LogP contribution < -0.4 is 10.6 Å². The minimum absolute atomic E-state index is 0.0211. The van der Waals surface area contributed by atoms with E-state index in [1.807, 2.05) is 25.1 Å². The van der Waals surface area contributed by atoms with Crippen molar-refractivity contribution in [2.24, 2.45) is 0 Å². The highest BCUT2D eigenvalue weighted by molar-refractivity contribution is 5.97. The Kier molecular flexibility index (Phi) is 7.25. The zero-order valence-electron chi connectivity index (χ0n) is 14.8. The van der Waals surface area contributed by atoms with Gasteiger partial charge in [-0.2, -0.15) is 0 Å². The summed E-state index contributed by atoms with van der Waals surface area (Å²) in [6.07, 6.45) is 4.83. The third-order valence-corrected chi connectivity index (χ3v) is 4.68. The first-order chi connectivity index (χ1) is 11.6. The number of hydrogen-bond acceptors (Lipinski definition) is 3. The quantitative estimate of drug-likeness (QED) is 0.752. The molecular weight excluding hydrogens is 302 g/mol. The SMILES string of the molecule is Cc1ccccc1C(=O)NCC(=O)NCCCN1CCCCC1C. The van der Waals surface area contributed by atoms with Crippen LogP contribution in [0.4, 0.5) is 0 Å². The fraction of sp³-hybridized carbons (Fsp3) is 0.579. The standard InChI is InChI=1S/C19H29N3O2/c1-15-8-3-4-10-17(15)19(24)21-14-18(23)20-11-7-13-22-12-6-5-9-16(22)2/h3-4,8,10,16H,5-7,9,11-14H2,1-2H3,(H,20,23)(H,21,24). The molecule has 5 nitrogen and oxygen atoms in total. The summed E-state index contributed by atoms with van der Waals surface area (Å²) in [6, 6.07) is 8.02. The van der Waals surface area contributed by atoms with Crippen LogP contribution in [0, 0.1) is 6.92 Å². The summed E-state index contributed by atoms with van der Waals surface area (Å²) in [5, 5.41) is 5.55. The number of benzene rings is 1. The summed E-state index contributed by atoms with van der Waals surface area (Å²) in [4.78, 5) is 26.4. The lowest BCUT2D eigenvalue weighted by Crippen LogP contribution is -2.40. The maximum Gasteiger partial charge on any atom is 0.251 e. The van der Waals surface area contributed by atoms with Crippen molar-refractivity contribution in [2.45, 2.75) is 45.6 Å². The second-order valence-electron chi connectivity index (χ2n) is 6.58.